The summed E-state index contributed by atoms with van der Waals surface area (Å²) in [5.74, 6) is 0.911. The Morgan fingerprint density at radius 1 is 1.36 bits per heavy atom. The molecule has 116 valence electrons. The van der Waals surface area contributed by atoms with Gasteiger partial charge in [0.25, 0.3) is 6.33 Å². The van der Waals surface area contributed by atoms with Crippen LogP contribution in [0, 0.1) is 0 Å². The number of hydrogen-bond donors (Lipinski definition) is 0. The largest absolute Gasteiger partial charge is 1.00 e. The lowest BCUT2D eigenvalue weighted by molar-refractivity contribution is -0.670. The summed E-state index contributed by atoms with van der Waals surface area (Å²) in [5, 5.41) is 1.42. The van der Waals surface area contributed by atoms with Crippen molar-refractivity contribution in [3.05, 3.63) is 48.0 Å². The highest BCUT2D eigenvalue weighted by Crippen LogP contribution is 2.26. The maximum absolute atomic E-state index is 12.1. The lowest BCUT2D eigenvalue weighted by atomic mass is 10.3. The molecule has 1 amide bonds. The summed E-state index contributed by atoms with van der Waals surface area (Å²) < 4.78 is 3.27. The number of nitrogens with zero attached hydrogens (tertiary/aromatic N) is 4. The van der Waals surface area contributed by atoms with Gasteiger partial charge in [-0.15, -0.1) is 9.56 Å². The SMILES string of the molecule is C[n+]1ccn(C(=O)/N=C2\SCCN2c2ccc(Cl)cc2)c1.[I-]. The van der Waals surface area contributed by atoms with Crippen molar-refractivity contribution in [3.63, 3.8) is 0 Å². The number of amides is 1. The fraction of sp³-hybridized carbons (Fsp3) is 0.214. The van der Waals surface area contributed by atoms with Crippen LogP contribution in [0.15, 0.2) is 48.0 Å². The number of aromatic nitrogens is 2. The van der Waals surface area contributed by atoms with Gasteiger partial charge >= 0.3 is 6.03 Å². The first kappa shape index (κ1) is 17.3. The first-order chi connectivity index (χ1) is 10.1. The summed E-state index contributed by atoms with van der Waals surface area (Å²) in [4.78, 5) is 18.4. The molecule has 0 radical (unpaired) electrons. The number of aliphatic imine (C=N–C) groups is 1. The topological polar surface area (TPSA) is 41.5 Å². The predicted octanol–water partition coefficient (Wildman–Crippen LogP) is -0.452. The summed E-state index contributed by atoms with van der Waals surface area (Å²) in [6, 6.07) is 7.25. The lowest BCUT2D eigenvalue weighted by Crippen LogP contribution is -3.00. The van der Waals surface area contributed by atoms with E-state index in [2.05, 4.69) is 4.99 Å². The van der Waals surface area contributed by atoms with Gasteiger partial charge < -0.3 is 28.9 Å². The number of amidine groups is 1. The number of benzene rings is 1. The minimum absolute atomic E-state index is 0. The molecule has 1 aliphatic heterocycles. The van der Waals surface area contributed by atoms with Crippen LogP contribution in [-0.4, -0.2) is 28.1 Å². The molecule has 1 aliphatic rings. The van der Waals surface area contributed by atoms with Crippen LogP contribution in [0.2, 0.25) is 5.02 Å². The van der Waals surface area contributed by atoms with Gasteiger partial charge in [-0.2, -0.15) is 0 Å². The van der Waals surface area contributed by atoms with Crippen molar-refractivity contribution >= 4 is 40.2 Å². The molecule has 1 saturated heterocycles. The maximum atomic E-state index is 12.1. The molecule has 0 unspecified atom stereocenters. The van der Waals surface area contributed by atoms with E-state index < -0.39 is 0 Å². The van der Waals surface area contributed by atoms with Crippen molar-refractivity contribution in [1.29, 1.82) is 0 Å². The summed E-state index contributed by atoms with van der Waals surface area (Å²) in [6.07, 6.45) is 5.19. The number of anilines is 1. The normalized spacial score (nSPS) is 15.9. The Morgan fingerprint density at radius 2 is 2.09 bits per heavy atom. The van der Waals surface area contributed by atoms with Crippen molar-refractivity contribution in [2.45, 2.75) is 0 Å². The molecule has 2 aromatic rings. The van der Waals surface area contributed by atoms with Crippen molar-refractivity contribution in [2.75, 3.05) is 17.2 Å². The first-order valence-corrected chi connectivity index (χ1v) is 7.82. The Bertz CT molecular complexity index is 701. The maximum Gasteiger partial charge on any atom is 0.441 e. The number of thioether (sulfide) groups is 1. The molecule has 5 nitrogen and oxygen atoms in total. The van der Waals surface area contributed by atoms with E-state index in [-0.39, 0.29) is 30.0 Å². The van der Waals surface area contributed by atoms with Crippen LogP contribution in [0.25, 0.3) is 0 Å². The Labute approximate surface area is 155 Å². The van der Waals surface area contributed by atoms with Gasteiger partial charge in [-0.1, -0.05) is 23.4 Å². The summed E-state index contributed by atoms with van der Waals surface area (Å²) in [6.45, 7) is 0.831. The van der Waals surface area contributed by atoms with E-state index in [4.69, 9.17) is 11.6 Å². The van der Waals surface area contributed by atoms with E-state index in [0.717, 1.165) is 23.2 Å². The molecule has 0 bridgehead atoms. The van der Waals surface area contributed by atoms with Crippen LogP contribution >= 0.6 is 23.4 Å². The highest BCUT2D eigenvalue weighted by molar-refractivity contribution is 8.14. The predicted molar refractivity (Wildman–Crippen MR) is 85.1 cm³/mol. The number of imidazole rings is 1. The summed E-state index contributed by atoms with van der Waals surface area (Å²) in [7, 11) is 1.86. The number of rotatable bonds is 1. The van der Waals surface area contributed by atoms with E-state index in [1.807, 2.05) is 36.2 Å². The van der Waals surface area contributed by atoms with Gasteiger partial charge in [0, 0.05) is 23.0 Å². The third kappa shape index (κ3) is 3.82. The van der Waals surface area contributed by atoms with E-state index in [1.165, 1.54) is 4.57 Å². The highest BCUT2D eigenvalue weighted by Gasteiger charge is 2.23. The number of carbonyl (C=O) groups is 1. The van der Waals surface area contributed by atoms with Crippen molar-refractivity contribution in [2.24, 2.45) is 12.0 Å². The summed E-state index contributed by atoms with van der Waals surface area (Å²) in [5.41, 5.74) is 0.994. The average molecular weight is 449 g/mol. The molecule has 22 heavy (non-hydrogen) atoms. The second kappa shape index (κ2) is 7.47. The van der Waals surface area contributed by atoms with Crippen LogP contribution in [0.3, 0.4) is 0 Å². The number of halogens is 2. The molecule has 3 rings (SSSR count). The minimum atomic E-state index is -0.293. The standard InChI is InChI=1S/C14H14ClN4OS.HI/c1-17-6-7-18(10-17)13(20)16-14-19(8-9-21-14)12-4-2-11(15)3-5-12;/h2-7,10H,8-9H2,1H3;1H/q+1;/p-1/b16-14-;. The van der Waals surface area contributed by atoms with Crippen molar-refractivity contribution in [1.82, 2.24) is 4.57 Å². The smallest absolute Gasteiger partial charge is 0.441 e. The fourth-order valence-electron chi connectivity index (χ4n) is 2.06. The second-order valence-electron chi connectivity index (χ2n) is 4.64. The molecule has 1 aromatic heterocycles. The second-order valence-corrected chi connectivity index (χ2v) is 6.14. The van der Waals surface area contributed by atoms with Crippen LogP contribution < -0.4 is 33.4 Å². The first-order valence-electron chi connectivity index (χ1n) is 6.45. The number of carbonyl (C=O) groups excluding carboxylic acids is 1. The Morgan fingerprint density at radius 3 is 2.73 bits per heavy atom. The van der Waals surface area contributed by atoms with E-state index in [0.29, 0.717) is 5.02 Å². The van der Waals surface area contributed by atoms with Gasteiger partial charge in [-0.25, -0.2) is 9.36 Å². The molecule has 0 aliphatic carbocycles. The van der Waals surface area contributed by atoms with Crippen molar-refractivity contribution in [3.8, 4) is 0 Å². The van der Waals surface area contributed by atoms with Crippen LogP contribution in [0.1, 0.15) is 0 Å². The molecule has 8 heteroatoms. The quantitative estimate of drug-likeness (QED) is 0.438. The monoisotopic (exact) mass is 448 g/mol. The molecular formula is C14H14ClIN4OS. The van der Waals surface area contributed by atoms with Crippen LogP contribution in [0.4, 0.5) is 10.5 Å². The zero-order chi connectivity index (χ0) is 14.8. The molecule has 0 saturated carbocycles. The third-order valence-corrected chi connectivity index (χ3v) is 4.30. The molecule has 0 spiro atoms. The van der Waals surface area contributed by atoms with Gasteiger partial charge in [0.15, 0.2) is 5.17 Å². The Balaban J connectivity index is 0.00000176. The Kier molecular flexibility index (Phi) is 5.87. The van der Waals surface area contributed by atoms with Gasteiger partial charge in [0.2, 0.25) is 0 Å². The van der Waals surface area contributed by atoms with E-state index in [9.17, 15) is 4.79 Å². The van der Waals surface area contributed by atoms with Gasteiger partial charge in [0.1, 0.15) is 12.4 Å². The van der Waals surface area contributed by atoms with E-state index in [1.54, 1.807) is 35.0 Å². The molecule has 2 heterocycles. The highest BCUT2D eigenvalue weighted by atomic mass is 127. The minimum Gasteiger partial charge on any atom is -1.00 e. The number of hydrogen-bond acceptors (Lipinski definition) is 2. The fourth-order valence-corrected chi connectivity index (χ4v) is 3.14. The molecule has 1 aromatic carbocycles. The van der Waals surface area contributed by atoms with Crippen LogP contribution in [0.5, 0.6) is 0 Å². The third-order valence-electron chi connectivity index (χ3n) is 3.10. The Hall–Kier alpha value is -1.06. The van der Waals surface area contributed by atoms with Crippen molar-refractivity contribution < 1.29 is 33.3 Å². The summed E-state index contributed by atoms with van der Waals surface area (Å²) >= 11 is 7.49. The van der Waals surface area contributed by atoms with Gasteiger partial charge in [-0.05, 0) is 24.3 Å². The van der Waals surface area contributed by atoms with Gasteiger partial charge in [0.05, 0.1) is 7.05 Å². The average Bonchev–Trinajstić information content (AvgIpc) is 3.09. The zero-order valence-electron chi connectivity index (χ0n) is 11.8. The van der Waals surface area contributed by atoms with E-state index >= 15 is 0 Å². The van der Waals surface area contributed by atoms with Gasteiger partial charge in [-0.3, -0.25) is 0 Å². The number of aryl methyl sites for hydroxylation is 1. The lowest BCUT2D eigenvalue weighted by Gasteiger charge is -2.17. The molecular weight excluding hydrogens is 435 g/mol. The van der Waals surface area contributed by atoms with Crippen LogP contribution in [-0.2, 0) is 7.05 Å². The zero-order valence-corrected chi connectivity index (χ0v) is 15.5. The molecule has 1 fully saturated rings. The molecule has 0 N–H and O–H groups in total. The molecule has 0 atom stereocenters.